The standard InChI is InChI=1S/C20H30FSi/c1-11-12(2)16(6)19(9,15(11)5)22(21)20(10)17(7)13(3)14(4)18(20)8/h1-10H3. The van der Waals surface area contributed by atoms with E-state index in [1.807, 2.05) is 0 Å². The Kier molecular flexibility index (Phi) is 4.01. The van der Waals surface area contributed by atoms with E-state index >= 15 is 4.11 Å². The lowest BCUT2D eigenvalue weighted by atomic mass is 9.96. The highest BCUT2D eigenvalue weighted by atomic mass is 28.3. The van der Waals surface area contributed by atoms with Crippen LogP contribution in [0.1, 0.15) is 69.2 Å². The molecule has 1 radical (unpaired) electrons. The van der Waals surface area contributed by atoms with Crippen molar-refractivity contribution >= 4 is 9.13 Å². The molecule has 0 saturated heterocycles. The van der Waals surface area contributed by atoms with Crippen LogP contribution in [0.5, 0.6) is 0 Å². The predicted molar refractivity (Wildman–Crippen MR) is 97.1 cm³/mol. The first-order chi connectivity index (χ1) is 9.93. The van der Waals surface area contributed by atoms with Crippen LogP contribution in [-0.2, 0) is 0 Å². The second kappa shape index (κ2) is 5.05. The first kappa shape index (κ1) is 17.5. The van der Waals surface area contributed by atoms with Gasteiger partial charge in [0.05, 0.1) is 0 Å². The molecule has 0 aliphatic heterocycles. The molecule has 0 heterocycles. The fraction of sp³-hybridized carbons (Fsp3) is 0.600. The molecule has 0 N–H and O–H groups in total. The van der Waals surface area contributed by atoms with Gasteiger partial charge in [0.2, 0.25) is 0 Å². The van der Waals surface area contributed by atoms with Crippen molar-refractivity contribution in [1.29, 1.82) is 0 Å². The first-order valence-corrected chi connectivity index (χ1v) is 9.57. The van der Waals surface area contributed by atoms with Gasteiger partial charge in [0.25, 0.3) is 9.13 Å². The molecule has 2 heteroatoms. The summed E-state index contributed by atoms with van der Waals surface area (Å²) in [6, 6.07) is 0. The largest absolute Gasteiger partial charge is 0.312 e. The van der Waals surface area contributed by atoms with Gasteiger partial charge in [0, 0.05) is 10.1 Å². The lowest BCUT2D eigenvalue weighted by Crippen LogP contribution is -2.39. The Labute approximate surface area is 137 Å². The van der Waals surface area contributed by atoms with E-state index in [0.29, 0.717) is 0 Å². The van der Waals surface area contributed by atoms with Crippen LogP contribution in [0.15, 0.2) is 44.6 Å². The number of hydrogen-bond acceptors (Lipinski definition) is 0. The zero-order chi connectivity index (χ0) is 17.2. The Morgan fingerprint density at radius 1 is 0.545 bits per heavy atom. The van der Waals surface area contributed by atoms with Gasteiger partial charge in [-0.2, -0.15) is 0 Å². The monoisotopic (exact) mass is 317 g/mol. The summed E-state index contributed by atoms with van der Waals surface area (Å²) in [5, 5.41) is -0.804. The highest BCUT2D eigenvalue weighted by Gasteiger charge is 2.57. The Morgan fingerprint density at radius 3 is 0.909 bits per heavy atom. The maximum absolute atomic E-state index is 16.2. The second-order valence-electron chi connectivity index (χ2n) is 7.56. The van der Waals surface area contributed by atoms with Crippen LogP contribution >= 0.6 is 0 Å². The van der Waals surface area contributed by atoms with E-state index in [4.69, 9.17) is 0 Å². The first-order valence-electron chi connectivity index (χ1n) is 8.19. The number of hydrogen-bond donors (Lipinski definition) is 0. The molecule has 0 unspecified atom stereocenters. The molecule has 2 rings (SSSR count). The molecule has 121 valence electrons. The van der Waals surface area contributed by atoms with E-state index in [0.717, 1.165) is 0 Å². The summed E-state index contributed by atoms with van der Waals surface area (Å²) in [7, 11) is -2.20. The topological polar surface area (TPSA) is 0 Å². The summed E-state index contributed by atoms with van der Waals surface area (Å²) in [6.07, 6.45) is 0. The summed E-state index contributed by atoms with van der Waals surface area (Å²) in [6.45, 7) is 21.4. The fourth-order valence-electron chi connectivity index (χ4n) is 4.35. The predicted octanol–water partition coefficient (Wildman–Crippen LogP) is 6.84. The van der Waals surface area contributed by atoms with Crippen LogP contribution in [0, 0.1) is 0 Å². The van der Waals surface area contributed by atoms with Crippen molar-refractivity contribution in [1.82, 2.24) is 0 Å². The highest BCUT2D eigenvalue weighted by Crippen LogP contribution is 2.65. The van der Waals surface area contributed by atoms with Crippen LogP contribution in [0.2, 0.25) is 10.1 Å². The van der Waals surface area contributed by atoms with Crippen LogP contribution in [0.4, 0.5) is 4.11 Å². The van der Waals surface area contributed by atoms with Crippen LogP contribution in [0.25, 0.3) is 0 Å². The minimum absolute atomic E-state index is 0.402. The highest BCUT2D eigenvalue weighted by molar-refractivity contribution is 6.63. The minimum atomic E-state index is -2.20. The molecular formula is C20H30FSi. The Morgan fingerprint density at radius 2 is 0.727 bits per heavy atom. The molecular weight excluding hydrogens is 287 g/mol. The van der Waals surface area contributed by atoms with Gasteiger partial charge in [-0.1, -0.05) is 36.1 Å². The van der Waals surface area contributed by atoms with Gasteiger partial charge >= 0.3 is 0 Å². The number of rotatable bonds is 2. The molecule has 0 nitrogen and oxygen atoms in total. The quantitative estimate of drug-likeness (QED) is 0.386. The molecule has 0 saturated carbocycles. The molecule has 0 atom stereocenters. The van der Waals surface area contributed by atoms with Gasteiger partial charge in [0.1, 0.15) is 0 Å². The lowest BCUT2D eigenvalue weighted by molar-refractivity contribution is 0.618. The maximum Gasteiger partial charge on any atom is 0.300 e. The third kappa shape index (κ3) is 1.79. The van der Waals surface area contributed by atoms with Gasteiger partial charge in [-0.15, -0.1) is 0 Å². The van der Waals surface area contributed by atoms with E-state index in [1.165, 1.54) is 44.6 Å². The molecule has 2 aliphatic carbocycles. The summed E-state index contributed by atoms with van der Waals surface area (Å²) < 4.78 is 16.2. The van der Waals surface area contributed by atoms with Crippen molar-refractivity contribution in [2.75, 3.05) is 0 Å². The zero-order valence-corrected chi connectivity index (χ0v) is 16.9. The molecule has 22 heavy (non-hydrogen) atoms. The number of allylic oxidation sites excluding steroid dienone is 8. The smallest absolute Gasteiger partial charge is 0.300 e. The van der Waals surface area contributed by atoms with Gasteiger partial charge in [-0.25, -0.2) is 0 Å². The Balaban J connectivity index is 2.66. The average Bonchev–Trinajstić information content (AvgIpc) is 2.75. The van der Waals surface area contributed by atoms with E-state index in [9.17, 15) is 0 Å². The summed E-state index contributed by atoms with van der Waals surface area (Å²) in [5.41, 5.74) is 10.1. The lowest BCUT2D eigenvalue weighted by Gasteiger charge is -2.41. The van der Waals surface area contributed by atoms with E-state index < -0.39 is 19.2 Å². The minimum Gasteiger partial charge on any atom is -0.312 e. The van der Waals surface area contributed by atoms with Crippen LogP contribution in [-0.4, -0.2) is 9.13 Å². The van der Waals surface area contributed by atoms with Crippen molar-refractivity contribution in [3.63, 3.8) is 0 Å². The average molecular weight is 318 g/mol. The molecule has 0 aromatic heterocycles. The van der Waals surface area contributed by atoms with Crippen molar-refractivity contribution < 1.29 is 4.11 Å². The molecule has 0 spiro atoms. The second-order valence-corrected chi connectivity index (χ2v) is 10.2. The summed E-state index contributed by atoms with van der Waals surface area (Å²) >= 11 is 0. The van der Waals surface area contributed by atoms with Gasteiger partial charge in [0.15, 0.2) is 0 Å². The third-order valence-electron chi connectivity index (χ3n) is 7.25. The van der Waals surface area contributed by atoms with Gasteiger partial charge < -0.3 is 4.11 Å². The van der Waals surface area contributed by atoms with E-state index in [-0.39, 0.29) is 0 Å². The van der Waals surface area contributed by atoms with Crippen molar-refractivity contribution in [3.8, 4) is 0 Å². The third-order valence-corrected chi connectivity index (χ3v) is 10.5. The Bertz CT molecular complexity index is 564. The summed E-state index contributed by atoms with van der Waals surface area (Å²) in [5.74, 6) is 0. The fourth-order valence-corrected chi connectivity index (χ4v) is 7.41. The number of halogens is 1. The van der Waals surface area contributed by atoms with Crippen molar-refractivity contribution in [2.24, 2.45) is 0 Å². The van der Waals surface area contributed by atoms with Gasteiger partial charge in [-0.3, -0.25) is 0 Å². The van der Waals surface area contributed by atoms with Crippen LogP contribution in [0.3, 0.4) is 0 Å². The Hall–Kier alpha value is -0.893. The zero-order valence-electron chi connectivity index (χ0n) is 15.9. The molecule has 0 bridgehead atoms. The molecule has 2 aliphatic rings. The van der Waals surface area contributed by atoms with Crippen molar-refractivity contribution in [3.05, 3.63) is 44.6 Å². The molecule has 0 aromatic carbocycles. The molecule has 0 amide bonds. The molecule has 0 fully saturated rings. The van der Waals surface area contributed by atoms with E-state index in [2.05, 4.69) is 69.2 Å². The summed E-state index contributed by atoms with van der Waals surface area (Å²) in [4.78, 5) is 0. The molecule has 0 aromatic rings. The van der Waals surface area contributed by atoms with E-state index in [1.54, 1.807) is 0 Å². The normalized spacial score (nSPS) is 24.5. The van der Waals surface area contributed by atoms with Crippen LogP contribution < -0.4 is 0 Å². The van der Waals surface area contributed by atoms with Gasteiger partial charge in [-0.05, 0) is 77.7 Å². The SMILES string of the molecule is CC1=C(C)C(C)([Si](F)C2(C)C(C)=C(C)C(C)=C2C)C(C)=C1C. The maximum atomic E-state index is 16.2. The van der Waals surface area contributed by atoms with Crippen molar-refractivity contribution in [2.45, 2.75) is 79.3 Å².